The Hall–Kier alpha value is -2.34. The predicted octanol–water partition coefficient (Wildman–Crippen LogP) is 3.36. The second kappa shape index (κ2) is 9.22. The number of hydrogen-bond donors (Lipinski definition) is 1. The molecule has 134 valence electrons. The molecule has 0 bridgehead atoms. The van der Waals surface area contributed by atoms with Gasteiger partial charge in [0.1, 0.15) is 5.75 Å². The number of carbonyl (C=O) groups is 2. The molecule has 1 aromatic heterocycles. The molecular formula is C19H23NO4S. The number of esters is 1. The Morgan fingerprint density at radius 1 is 1.16 bits per heavy atom. The number of carbonyl (C=O) groups excluding carboxylic acids is 2. The SMILES string of the molecule is COC(=O)Cc1ccc(OCC(=O)N[C@H](c2cccs2)C(C)C)cc1. The fourth-order valence-electron chi connectivity index (χ4n) is 2.34. The summed E-state index contributed by atoms with van der Waals surface area (Å²) in [5, 5.41) is 5.02. The molecule has 2 rings (SSSR count). The van der Waals surface area contributed by atoms with Crippen molar-refractivity contribution in [1.29, 1.82) is 0 Å². The van der Waals surface area contributed by atoms with Gasteiger partial charge in [-0.15, -0.1) is 11.3 Å². The highest BCUT2D eigenvalue weighted by atomic mass is 32.1. The lowest BCUT2D eigenvalue weighted by atomic mass is 10.0. The molecule has 5 nitrogen and oxygen atoms in total. The lowest BCUT2D eigenvalue weighted by Crippen LogP contribution is -2.34. The van der Waals surface area contributed by atoms with Crippen LogP contribution in [0.5, 0.6) is 5.75 Å². The van der Waals surface area contributed by atoms with Crippen molar-refractivity contribution in [2.75, 3.05) is 13.7 Å². The van der Waals surface area contributed by atoms with E-state index in [1.165, 1.54) is 7.11 Å². The molecule has 0 aliphatic heterocycles. The number of ether oxygens (including phenoxy) is 2. The molecule has 6 heteroatoms. The molecule has 0 saturated heterocycles. The quantitative estimate of drug-likeness (QED) is 0.732. The third-order valence-corrected chi connectivity index (χ3v) is 4.66. The average Bonchev–Trinajstić information content (AvgIpc) is 3.12. The number of nitrogens with one attached hydrogen (secondary N) is 1. The minimum absolute atomic E-state index is 0.0152. The molecule has 1 aromatic carbocycles. The monoisotopic (exact) mass is 361 g/mol. The third-order valence-electron chi connectivity index (χ3n) is 3.70. The van der Waals surface area contributed by atoms with Crippen LogP contribution in [0.2, 0.25) is 0 Å². The second-order valence-electron chi connectivity index (χ2n) is 5.99. The van der Waals surface area contributed by atoms with Crippen LogP contribution in [0.3, 0.4) is 0 Å². The highest BCUT2D eigenvalue weighted by Crippen LogP contribution is 2.25. The van der Waals surface area contributed by atoms with Gasteiger partial charge in [-0.05, 0) is 35.1 Å². The van der Waals surface area contributed by atoms with Crippen LogP contribution < -0.4 is 10.1 Å². The van der Waals surface area contributed by atoms with E-state index in [1.807, 2.05) is 17.5 Å². The highest BCUT2D eigenvalue weighted by Gasteiger charge is 2.19. The standard InChI is InChI=1S/C19H23NO4S/c1-13(2)19(16-5-4-10-25-16)20-17(21)12-24-15-8-6-14(7-9-15)11-18(22)23-3/h4-10,13,19H,11-12H2,1-3H3,(H,20,21)/t19-/m0/s1. The van der Waals surface area contributed by atoms with Gasteiger partial charge in [-0.3, -0.25) is 9.59 Å². The van der Waals surface area contributed by atoms with Crippen molar-refractivity contribution in [3.05, 3.63) is 52.2 Å². The molecule has 0 aliphatic rings. The van der Waals surface area contributed by atoms with Crippen molar-refractivity contribution >= 4 is 23.2 Å². The number of benzene rings is 1. The van der Waals surface area contributed by atoms with Gasteiger partial charge in [0, 0.05) is 4.88 Å². The first-order chi connectivity index (χ1) is 12.0. The molecule has 0 radical (unpaired) electrons. The maximum Gasteiger partial charge on any atom is 0.309 e. The van der Waals surface area contributed by atoms with Crippen molar-refractivity contribution in [2.45, 2.75) is 26.3 Å². The fraction of sp³-hybridized carbons (Fsp3) is 0.368. The topological polar surface area (TPSA) is 64.6 Å². The Bertz CT molecular complexity index is 680. The second-order valence-corrected chi connectivity index (χ2v) is 6.97. The molecular weight excluding hydrogens is 338 g/mol. The minimum Gasteiger partial charge on any atom is -0.484 e. The molecule has 0 spiro atoms. The number of thiophene rings is 1. The van der Waals surface area contributed by atoms with Crippen LogP contribution in [-0.2, 0) is 20.7 Å². The summed E-state index contributed by atoms with van der Waals surface area (Å²) < 4.78 is 10.2. The van der Waals surface area contributed by atoms with Gasteiger partial charge in [0.25, 0.3) is 5.91 Å². The van der Waals surface area contributed by atoms with Crippen LogP contribution in [0.1, 0.15) is 30.3 Å². The number of amides is 1. The van der Waals surface area contributed by atoms with Crippen LogP contribution >= 0.6 is 11.3 Å². The van der Waals surface area contributed by atoms with E-state index in [9.17, 15) is 9.59 Å². The summed E-state index contributed by atoms with van der Waals surface area (Å²) in [4.78, 5) is 24.6. The molecule has 0 fully saturated rings. The number of rotatable bonds is 8. The molecule has 25 heavy (non-hydrogen) atoms. The molecule has 1 atom stereocenters. The van der Waals surface area contributed by atoms with E-state index in [0.29, 0.717) is 11.7 Å². The van der Waals surface area contributed by atoms with Gasteiger partial charge < -0.3 is 14.8 Å². The largest absolute Gasteiger partial charge is 0.484 e. The van der Waals surface area contributed by atoms with Crippen LogP contribution in [0.15, 0.2) is 41.8 Å². The van der Waals surface area contributed by atoms with Gasteiger partial charge in [0.05, 0.1) is 19.6 Å². The fourth-order valence-corrected chi connectivity index (χ4v) is 3.29. The maximum atomic E-state index is 12.2. The zero-order valence-corrected chi connectivity index (χ0v) is 15.5. The van der Waals surface area contributed by atoms with E-state index in [0.717, 1.165) is 10.4 Å². The Kier molecular flexibility index (Phi) is 7.01. The maximum absolute atomic E-state index is 12.2. The summed E-state index contributed by atoms with van der Waals surface area (Å²) in [6.07, 6.45) is 0.216. The summed E-state index contributed by atoms with van der Waals surface area (Å²) in [5.74, 6) is 0.424. The molecule has 1 amide bonds. The Morgan fingerprint density at radius 2 is 1.88 bits per heavy atom. The van der Waals surface area contributed by atoms with E-state index in [4.69, 9.17) is 4.74 Å². The van der Waals surface area contributed by atoms with Gasteiger partial charge in [0.15, 0.2) is 6.61 Å². The van der Waals surface area contributed by atoms with Crippen LogP contribution in [0.25, 0.3) is 0 Å². The molecule has 0 unspecified atom stereocenters. The first-order valence-corrected chi connectivity index (χ1v) is 8.99. The smallest absolute Gasteiger partial charge is 0.309 e. The summed E-state index contributed by atoms with van der Waals surface area (Å²) in [7, 11) is 1.36. The number of hydrogen-bond acceptors (Lipinski definition) is 5. The van der Waals surface area contributed by atoms with E-state index < -0.39 is 0 Å². The molecule has 0 saturated carbocycles. The van der Waals surface area contributed by atoms with Crippen LogP contribution in [0, 0.1) is 5.92 Å². The third kappa shape index (κ3) is 5.90. The first-order valence-electron chi connectivity index (χ1n) is 8.11. The van der Waals surface area contributed by atoms with Crippen molar-refractivity contribution in [3.8, 4) is 5.75 Å². The van der Waals surface area contributed by atoms with Crippen molar-refractivity contribution in [3.63, 3.8) is 0 Å². The number of methoxy groups -OCH3 is 1. The van der Waals surface area contributed by atoms with Gasteiger partial charge in [-0.1, -0.05) is 32.0 Å². The van der Waals surface area contributed by atoms with E-state index in [1.54, 1.807) is 35.6 Å². The predicted molar refractivity (Wildman–Crippen MR) is 97.7 cm³/mol. The van der Waals surface area contributed by atoms with Gasteiger partial charge in [-0.25, -0.2) is 0 Å². The van der Waals surface area contributed by atoms with Crippen molar-refractivity contribution in [2.24, 2.45) is 5.92 Å². The lowest BCUT2D eigenvalue weighted by Gasteiger charge is -2.21. The Morgan fingerprint density at radius 3 is 2.44 bits per heavy atom. The van der Waals surface area contributed by atoms with E-state index in [-0.39, 0.29) is 30.9 Å². The summed E-state index contributed by atoms with van der Waals surface area (Å²) in [6, 6.07) is 11.0. The van der Waals surface area contributed by atoms with Gasteiger partial charge in [-0.2, -0.15) is 0 Å². The Balaban J connectivity index is 1.86. The van der Waals surface area contributed by atoms with Crippen LogP contribution in [-0.4, -0.2) is 25.6 Å². The van der Waals surface area contributed by atoms with Crippen molar-refractivity contribution < 1.29 is 19.1 Å². The summed E-state index contributed by atoms with van der Waals surface area (Å²) in [5.41, 5.74) is 0.834. The van der Waals surface area contributed by atoms with Gasteiger partial charge >= 0.3 is 5.97 Å². The first kappa shape index (κ1) is 19.0. The van der Waals surface area contributed by atoms with E-state index in [2.05, 4.69) is 23.9 Å². The van der Waals surface area contributed by atoms with Crippen molar-refractivity contribution in [1.82, 2.24) is 5.32 Å². The normalized spacial score (nSPS) is 11.8. The zero-order chi connectivity index (χ0) is 18.2. The van der Waals surface area contributed by atoms with E-state index >= 15 is 0 Å². The minimum atomic E-state index is -0.290. The summed E-state index contributed by atoms with van der Waals surface area (Å²) >= 11 is 1.63. The average molecular weight is 361 g/mol. The molecule has 1 N–H and O–H groups in total. The summed E-state index contributed by atoms with van der Waals surface area (Å²) in [6.45, 7) is 4.10. The molecule has 0 aliphatic carbocycles. The highest BCUT2D eigenvalue weighted by molar-refractivity contribution is 7.10. The van der Waals surface area contributed by atoms with Gasteiger partial charge in [0.2, 0.25) is 0 Å². The molecule has 1 heterocycles. The zero-order valence-electron chi connectivity index (χ0n) is 14.7. The Labute approximate surface area is 152 Å². The lowest BCUT2D eigenvalue weighted by molar-refractivity contribution is -0.139. The molecule has 2 aromatic rings. The van der Waals surface area contributed by atoms with Crippen LogP contribution in [0.4, 0.5) is 0 Å².